The largest absolute Gasteiger partial charge is 0.239 e. The summed E-state index contributed by atoms with van der Waals surface area (Å²) in [5, 5.41) is 8.56. The van der Waals surface area contributed by atoms with Crippen molar-refractivity contribution in [3.63, 3.8) is 0 Å². The smallest absolute Gasteiger partial charge is 0.217 e. The Morgan fingerprint density at radius 1 is 1.44 bits per heavy atom. The molecule has 0 aliphatic carbocycles. The van der Waals surface area contributed by atoms with E-state index in [9.17, 15) is 0 Å². The van der Waals surface area contributed by atoms with Gasteiger partial charge in [-0.15, -0.1) is 5.10 Å². The summed E-state index contributed by atoms with van der Waals surface area (Å²) in [6.07, 6.45) is 0. The lowest BCUT2D eigenvalue weighted by Crippen LogP contribution is -2.01. The molecule has 0 saturated heterocycles. The molecule has 0 unspecified atom stereocenters. The molecule has 0 N–H and O–H groups in total. The first-order valence-corrected chi connectivity index (χ1v) is 6.24. The van der Waals surface area contributed by atoms with Crippen molar-refractivity contribution in [2.24, 2.45) is 5.11 Å². The zero-order chi connectivity index (χ0) is 13.1. The van der Waals surface area contributed by atoms with Crippen LogP contribution in [0.5, 0.6) is 0 Å². The fourth-order valence-corrected chi connectivity index (χ4v) is 2.16. The second-order valence-electron chi connectivity index (χ2n) is 3.26. The SMILES string of the molecule is [N-]=[N+]=Nc1nc(Br)nn1Cc1ccc(Cl)cc1Cl. The van der Waals surface area contributed by atoms with E-state index in [0.717, 1.165) is 5.56 Å². The molecule has 0 aliphatic rings. The Balaban J connectivity index is 2.36. The van der Waals surface area contributed by atoms with Crippen LogP contribution in [0.2, 0.25) is 10.0 Å². The molecule has 0 radical (unpaired) electrons. The van der Waals surface area contributed by atoms with Crippen LogP contribution in [0.1, 0.15) is 5.56 Å². The van der Waals surface area contributed by atoms with Crippen LogP contribution in [0.4, 0.5) is 5.95 Å². The van der Waals surface area contributed by atoms with Gasteiger partial charge in [-0.3, -0.25) is 0 Å². The van der Waals surface area contributed by atoms with Crippen molar-refractivity contribution >= 4 is 45.1 Å². The van der Waals surface area contributed by atoms with Crippen LogP contribution in [0.3, 0.4) is 0 Å². The van der Waals surface area contributed by atoms with E-state index in [1.54, 1.807) is 18.2 Å². The molecule has 1 aromatic heterocycles. The van der Waals surface area contributed by atoms with Crippen molar-refractivity contribution in [1.29, 1.82) is 0 Å². The molecule has 0 fully saturated rings. The first-order chi connectivity index (χ1) is 8.60. The summed E-state index contributed by atoms with van der Waals surface area (Å²) in [7, 11) is 0. The van der Waals surface area contributed by atoms with Crippen molar-refractivity contribution in [3.8, 4) is 0 Å². The van der Waals surface area contributed by atoms with Gasteiger partial charge in [0, 0.05) is 15.0 Å². The van der Waals surface area contributed by atoms with Crippen LogP contribution in [0, 0.1) is 0 Å². The van der Waals surface area contributed by atoms with E-state index in [1.807, 2.05) is 0 Å². The van der Waals surface area contributed by atoms with Gasteiger partial charge in [-0.1, -0.05) is 29.3 Å². The number of aromatic nitrogens is 3. The van der Waals surface area contributed by atoms with Crippen molar-refractivity contribution in [2.45, 2.75) is 6.54 Å². The van der Waals surface area contributed by atoms with E-state index >= 15 is 0 Å². The molecular formula is C9H5BrCl2N6. The lowest BCUT2D eigenvalue weighted by Gasteiger charge is -2.05. The first kappa shape index (κ1) is 13.2. The molecule has 1 heterocycles. The highest BCUT2D eigenvalue weighted by molar-refractivity contribution is 9.10. The molecule has 2 rings (SSSR count). The van der Waals surface area contributed by atoms with Gasteiger partial charge in [0.1, 0.15) is 0 Å². The van der Waals surface area contributed by atoms with Gasteiger partial charge in [-0.05, 0) is 44.3 Å². The second kappa shape index (κ2) is 5.58. The van der Waals surface area contributed by atoms with E-state index in [2.05, 4.69) is 36.0 Å². The van der Waals surface area contributed by atoms with E-state index < -0.39 is 0 Å². The van der Waals surface area contributed by atoms with E-state index in [0.29, 0.717) is 21.3 Å². The summed E-state index contributed by atoms with van der Waals surface area (Å²) in [4.78, 5) is 6.61. The quantitative estimate of drug-likeness (QED) is 0.470. The number of halogens is 3. The summed E-state index contributed by atoms with van der Waals surface area (Å²) >= 11 is 15.0. The molecule has 18 heavy (non-hydrogen) atoms. The fraction of sp³-hybridized carbons (Fsp3) is 0.111. The zero-order valence-corrected chi connectivity index (χ0v) is 11.9. The van der Waals surface area contributed by atoms with Crippen molar-refractivity contribution in [3.05, 3.63) is 49.0 Å². The van der Waals surface area contributed by atoms with Gasteiger partial charge in [0.25, 0.3) is 0 Å². The van der Waals surface area contributed by atoms with Crippen LogP contribution in [0.15, 0.2) is 28.0 Å². The molecule has 0 saturated carbocycles. The summed E-state index contributed by atoms with van der Waals surface area (Å²) in [6, 6.07) is 5.14. The van der Waals surface area contributed by atoms with Crippen molar-refractivity contribution in [1.82, 2.24) is 14.8 Å². The van der Waals surface area contributed by atoms with Crippen LogP contribution in [-0.2, 0) is 6.54 Å². The molecule has 9 heteroatoms. The average Bonchev–Trinajstić information content (AvgIpc) is 2.64. The predicted octanol–water partition coefficient (Wildman–Crippen LogP) is 4.34. The summed E-state index contributed by atoms with van der Waals surface area (Å²) in [5.41, 5.74) is 9.23. The lowest BCUT2D eigenvalue weighted by molar-refractivity contribution is 0.684. The Labute approximate surface area is 120 Å². The molecule has 2 aromatic rings. The molecule has 0 amide bonds. The summed E-state index contributed by atoms with van der Waals surface area (Å²) < 4.78 is 1.79. The molecule has 0 bridgehead atoms. The molecule has 0 spiro atoms. The number of hydrogen-bond donors (Lipinski definition) is 0. The van der Waals surface area contributed by atoms with E-state index in [4.69, 9.17) is 28.7 Å². The van der Waals surface area contributed by atoms with Gasteiger partial charge >= 0.3 is 0 Å². The summed E-state index contributed by atoms with van der Waals surface area (Å²) in [6.45, 7) is 0.336. The number of nitrogens with zero attached hydrogens (tertiary/aromatic N) is 6. The van der Waals surface area contributed by atoms with E-state index in [-0.39, 0.29) is 5.95 Å². The summed E-state index contributed by atoms with van der Waals surface area (Å²) in [5.74, 6) is 0.162. The monoisotopic (exact) mass is 346 g/mol. The highest BCUT2D eigenvalue weighted by atomic mass is 79.9. The van der Waals surface area contributed by atoms with Gasteiger partial charge in [0.15, 0.2) is 0 Å². The third-order valence-corrected chi connectivity index (χ3v) is 3.02. The van der Waals surface area contributed by atoms with Gasteiger partial charge in [-0.25, -0.2) is 4.68 Å². The average molecular weight is 348 g/mol. The van der Waals surface area contributed by atoms with Gasteiger partial charge in [-0.2, -0.15) is 4.98 Å². The number of azide groups is 1. The molecule has 92 valence electrons. The Morgan fingerprint density at radius 2 is 2.22 bits per heavy atom. The third kappa shape index (κ3) is 2.94. The van der Waals surface area contributed by atoms with Crippen LogP contribution in [-0.4, -0.2) is 14.8 Å². The lowest BCUT2D eigenvalue weighted by atomic mass is 10.2. The molecule has 0 atom stereocenters. The molecular weight excluding hydrogens is 343 g/mol. The van der Waals surface area contributed by atoms with Crippen molar-refractivity contribution < 1.29 is 0 Å². The normalized spacial score (nSPS) is 10.2. The zero-order valence-electron chi connectivity index (χ0n) is 8.76. The first-order valence-electron chi connectivity index (χ1n) is 4.69. The molecule has 1 aromatic carbocycles. The number of hydrogen-bond acceptors (Lipinski definition) is 3. The Hall–Kier alpha value is -1.27. The van der Waals surface area contributed by atoms with Crippen LogP contribution >= 0.6 is 39.1 Å². The minimum atomic E-state index is 0.162. The van der Waals surface area contributed by atoms with Crippen LogP contribution < -0.4 is 0 Å². The predicted molar refractivity (Wildman–Crippen MR) is 72.1 cm³/mol. The topological polar surface area (TPSA) is 79.5 Å². The number of benzene rings is 1. The standard InChI is InChI=1S/C9H5BrCl2N6/c10-8-14-9(15-17-13)18(16-8)4-5-1-2-6(11)3-7(5)12/h1-3H,4H2. The van der Waals surface area contributed by atoms with Crippen molar-refractivity contribution in [2.75, 3.05) is 0 Å². The highest BCUT2D eigenvalue weighted by Crippen LogP contribution is 2.23. The number of rotatable bonds is 3. The Morgan fingerprint density at radius 3 is 2.89 bits per heavy atom. The molecule has 6 nitrogen and oxygen atoms in total. The van der Waals surface area contributed by atoms with Gasteiger partial charge in [0.2, 0.25) is 10.7 Å². The Kier molecular flexibility index (Phi) is 4.08. The third-order valence-electron chi connectivity index (χ3n) is 2.10. The second-order valence-corrected chi connectivity index (χ2v) is 4.82. The van der Waals surface area contributed by atoms with E-state index in [1.165, 1.54) is 4.68 Å². The molecule has 0 aliphatic heterocycles. The maximum absolute atomic E-state index is 8.43. The highest BCUT2D eigenvalue weighted by Gasteiger charge is 2.09. The maximum Gasteiger partial charge on any atom is 0.217 e. The minimum Gasteiger partial charge on any atom is -0.239 e. The Bertz CT molecular complexity index is 634. The van der Waals surface area contributed by atoms with Crippen LogP contribution in [0.25, 0.3) is 10.4 Å². The maximum atomic E-state index is 8.43. The van der Waals surface area contributed by atoms with Gasteiger partial charge < -0.3 is 0 Å². The van der Waals surface area contributed by atoms with Gasteiger partial charge in [0.05, 0.1) is 6.54 Å². The fourth-order valence-electron chi connectivity index (χ4n) is 1.34. The minimum absolute atomic E-state index is 0.162.